The van der Waals surface area contributed by atoms with Crippen LogP contribution in [-0.2, 0) is 0 Å². The smallest absolute Gasteiger partial charge is 0.123 e. The lowest BCUT2D eigenvalue weighted by molar-refractivity contribution is 0.628. The number of hydrogen-bond donors (Lipinski definition) is 0. The molecule has 2 aromatic heterocycles. The molecular weight excluding hydrogens is 245 g/mol. The molecule has 0 amide bonds. The molecule has 0 unspecified atom stereocenters. The number of hydrogen-bond acceptors (Lipinski definition) is 2. The lowest BCUT2D eigenvalue weighted by Crippen LogP contribution is -1.84. The van der Waals surface area contributed by atoms with Crippen LogP contribution in [0, 0.1) is 5.82 Å². The summed E-state index contributed by atoms with van der Waals surface area (Å²) in [7, 11) is 0. The Balaban J connectivity index is 2.03. The number of aromatic nitrogens is 1. The van der Waals surface area contributed by atoms with Crippen LogP contribution in [0.15, 0.2) is 60.1 Å². The molecule has 88 valence electrons. The van der Waals surface area contributed by atoms with E-state index in [1.54, 1.807) is 29.7 Å². The van der Waals surface area contributed by atoms with Crippen LogP contribution in [0.4, 0.5) is 4.39 Å². The molecular formula is C15H10FNS. The predicted molar refractivity (Wildman–Crippen MR) is 72.9 cm³/mol. The fourth-order valence-corrected chi connectivity index (χ4v) is 2.53. The molecule has 0 aliphatic rings. The molecule has 0 bridgehead atoms. The molecule has 0 fully saturated rings. The van der Waals surface area contributed by atoms with Crippen LogP contribution in [0.1, 0.15) is 0 Å². The lowest BCUT2D eigenvalue weighted by atomic mass is 10.1. The van der Waals surface area contributed by atoms with Crippen LogP contribution in [0.5, 0.6) is 0 Å². The zero-order chi connectivity index (χ0) is 12.4. The third-order valence-corrected chi connectivity index (χ3v) is 3.62. The second-order valence-electron chi connectivity index (χ2n) is 3.91. The van der Waals surface area contributed by atoms with Gasteiger partial charge >= 0.3 is 0 Å². The van der Waals surface area contributed by atoms with Gasteiger partial charge in [0.25, 0.3) is 0 Å². The van der Waals surface area contributed by atoms with Crippen LogP contribution in [-0.4, -0.2) is 4.98 Å². The SMILES string of the molecule is Fc1ccc(-c2cc(-c3cccs3)ccn2)cc1. The molecule has 0 radical (unpaired) electrons. The highest BCUT2D eigenvalue weighted by Gasteiger charge is 2.03. The topological polar surface area (TPSA) is 12.9 Å². The van der Waals surface area contributed by atoms with Gasteiger partial charge in [-0.05, 0) is 53.4 Å². The van der Waals surface area contributed by atoms with Crippen molar-refractivity contribution in [2.75, 3.05) is 0 Å². The minimum atomic E-state index is -0.229. The summed E-state index contributed by atoms with van der Waals surface area (Å²) in [5, 5.41) is 2.05. The Morgan fingerprint density at radius 1 is 0.944 bits per heavy atom. The van der Waals surface area contributed by atoms with Gasteiger partial charge in [0.15, 0.2) is 0 Å². The maximum absolute atomic E-state index is 12.9. The normalized spacial score (nSPS) is 10.5. The first kappa shape index (κ1) is 11.1. The molecule has 0 aliphatic carbocycles. The number of thiophene rings is 1. The van der Waals surface area contributed by atoms with E-state index in [1.165, 1.54) is 17.0 Å². The van der Waals surface area contributed by atoms with Gasteiger partial charge in [-0.3, -0.25) is 4.98 Å². The second kappa shape index (κ2) is 4.70. The number of pyridine rings is 1. The van der Waals surface area contributed by atoms with E-state index in [2.05, 4.69) is 11.1 Å². The van der Waals surface area contributed by atoms with Crippen molar-refractivity contribution in [2.45, 2.75) is 0 Å². The fraction of sp³-hybridized carbons (Fsp3) is 0. The number of rotatable bonds is 2. The maximum Gasteiger partial charge on any atom is 0.123 e. The van der Waals surface area contributed by atoms with Gasteiger partial charge in [0.1, 0.15) is 5.82 Å². The van der Waals surface area contributed by atoms with Gasteiger partial charge < -0.3 is 0 Å². The highest BCUT2D eigenvalue weighted by Crippen LogP contribution is 2.27. The van der Waals surface area contributed by atoms with Gasteiger partial charge in [0.2, 0.25) is 0 Å². The summed E-state index contributed by atoms with van der Waals surface area (Å²) in [6, 6.07) is 14.5. The van der Waals surface area contributed by atoms with Crippen molar-refractivity contribution in [3.63, 3.8) is 0 Å². The first-order valence-electron chi connectivity index (χ1n) is 5.59. The summed E-state index contributed by atoms with van der Waals surface area (Å²) in [6.07, 6.45) is 1.79. The highest BCUT2D eigenvalue weighted by atomic mass is 32.1. The molecule has 0 saturated carbocycles. The van der Waals surface area contributed by atoms with E-state index in [1.807, 2.05) is 23.6 Å². The molecule has 0 atom stereocenters. The number of halogens is 1. The van der Waals surface area contributed by atoms with Crippen molar-refractivity contribution in [1.29, 1.82) is 0 Å². The monoisotopic (exact) mass is 255 g/mol. The Morgan fingerprint density at radius 2 is 1.78 bits per heavy atom. The average Bonchev–Trinajstić information content (AvgIpc) is 2.94. The largest absolute Gasteiger partial charge is 0.256 e. The zero-order valence-electron chi connectivity index (χ0n) is 9.51. The average molecular weight is 255 g/mol. The number of nitrogens with zero attached hydrogens (tertiary/aromatic N) is 1. The van der Waals surface area contributed by atoms with E-state index in [-0.39, 0.29) is 5.82 Å². The highest BCUT2D eigenvalue weighted by molar-refractivity contribution is 7.13. The Hall–Kier alpha value is -2.00. The van der Waals surface area contributed by atoms with E-state index < -0.39 is 0 Å². The first-order valence-corrected chi connectivity index (χ1v) is 6.47. The molecule has 1 aromatic carbocycles. The number of benzene rings is 1. The van der Waals surface area contributed by atoms with Gasteiger partial charge in [-0.25, -0.2) is 4.39 Å². The third kappa shape index (κ3) is 2.17. The van der Waals surface area contributed by atoms with E-state index in [0.29, 0.717) is 0 Å². The van der Waals surface area contributed by atoms with E-state index in [0.717, 1.165) is 16.8 Å². The molecule has 1 nitrogen and oxygen atoms in total. The van der Waals surface area contributed by atoms with Gasteiger partial charge in [0.05, 0.1) is 5.69 Å². The zero-order valence-corrected chi connectivity index (χ0v) is 10.3. The second-order valence-corrected chi connectivity index (χ2v) is 4.86. The summed E-state index contributed by atoms with van der Waals surface area (Å²) < 4.78 is 12.9. The van der Waals surface area contributed by atoms with Gasteiger partial charge in [-0.1, -0.05) is 6.07 Å². The Kier molecular flexibility index (Phi) is 2.90. The molecule has 3 rings (SSSR count). The van der Waals surface area contributed by atoms with Crippen molar-refractivity contribution in [2.24, 2.45) is 0 Å². The van der Waals surface area contributed by atoms with E-state index in [4.69, 9.17) is 0 Å². The molecule has 18 heavy (non-hydrogen) atoms. The molecule has 3 aromatic rings. The summed E-state index contributed by atoms with van der Waals surface area (Å²) in [4.78, 5) is 5.54. The minimum Gasteiger partial charge on any atom is -0.256 e. The van der Waals surface area contributed by atoms with E-state index >= 15 is 0 Å². The Labute approximate surface area is 109 Å². The Bertz CT molecular complexity index is 645. The van der Waals surface area contributed by atoms with Gasteiger partial charge in [0, 0.05) is 16.6 Å². The molecule has 0 spiro atoms. The van der Waals surface area contributed by atoms with Crippen molar-refractivity contribution in [3.05, 3.63) is 65.9 Å². The van der Waals surface area contributed by atoms with Gasteiger partial charge in [-0.15, -0.1) is 11.3 Å². The van der Waals surface area contributed by atoms with Crippen molar-refractivity contribution in [3.8, 4) is 21.7 Å². The minimum absolute atomic E-state index is 0.229. The lowest BCUT2D eigenvalue weighted by Gasteiger charge is -2.03. The first-order chi connectivity index (χ1) is 8.83. The summed E-state index contributed by atoms with van der Waals surface area (Å²) >= 11 is 1.69. The van der Waals surface area contributed by atoms with Crippen molar-refractivity contribution in [1.82, 2.24) is 4.98 Å². The molecule has 0 aliphatic heterocycles. The van der Waals surface area contributed by atoms with Crippen LogP contribution in [0.3, 0.4) is 0 Å². The summed E-state index contributed by atoms with van der Waals surface area (Å²) in [5.41, 5.74) is 2.93. The summed E-state index contributed by atoms with van der Waals surface area (Å²) in [6.45, 7) is 0. The van der Waals surface area contributed by atoms with Crippen LogP contribution in [0.2, 0.25) is 0 Å². The third-order valence-electron chi connectivity index (χ3n) is 2.71. The predicted octanol–water partition coefficient (Wildman–Crippen LogP) is 4.62. The van der Waals surface area contributed by atoms with Crippen molar-refractivity contribution >= 4 is 11.3 Å². The molecule has 0 N–H and O–H groups in total. The summed E-state index contributed by atoms with van der Waals surface area (Å²) in [5.74, 6) is -0.229. The fourth-order valence-electron chi connectivity index (χ4n) is 1.81. The maximum atomic E-state index is 12.9. The molecule has 0 saturated heterocycles. The van der Waals surface area contributed by atoms with Crippen LogP contribution >= 0.6 is 11.3 Å². The van der Waals surface area contributed by atoms with Crippen molar-refractivity contribution < 1.29 is 4.39 Å². The quantitative estimate of drug-likeness (QED) is 0.651. The molecule has 2 heterocycles. The van der Waals surface area contributed by atoms with Crippen LogP contribution in [0.25, 0.3) is 21.7 Å². The standard InChI is InChI=1S/C15H10FNS/c16-13-5-3-11(4-6-13)14-10-12(7-8-17-14)15-2-1-9-18-15/h1-10H. The molecule has 3 heteroatoms. The Morgan fingerprint density at radius 3 is 2.50 bits per heavy atom. The van der Waals surface area contributed by atoms with Gasteiger partial charge in [-0.2, -0.15) is 0 Å². The van der Waals surface area contributed by atoms with E-state index in [9.17, 15) is 4.39 Å². The van der Waals surface area contributed by atoms with Crippen LogP contribution < -0.4 is 0 Å².